The summed E-state index contributed by atoms with van der Waals surface area (Å²) in [4.78, 5) is 2.51. The lowest BCUT2D eigenvalue weighted by Gasteiger charge is -2.30. The molecule has 0 aliphatic carbocycles. The zero-order valence-corrected chi connectivity index (χ0v) is 11.1. The number of hydrogen-bond acceptors (Lipinski definition) is 2. The van der Waals surface area contributed by atoms with Crippen LogP contribution in [0.25, 0.3) is 0 Å². The van der Waals surface area contributed by atoms with Crippen molar-refractivity contribution in [3.8, 4) is 0 Å². The summed E-state index contributed by atoms with van der Waals surface area (Å²) in [7, 11) is 0. The van der Waals surface area contributed by atoms with Crippen LogP contribution in [0.15, 0.2) is 18.2 Å². The van der Waals surface area contributed by atoms with Gasteiger partial charge in [0.1, 0.15) is 0 Å². The van der Waals surface area contributed by atoms with Crippen molar-refractivity contribution in [3.05, 3.63) is 34.9 Å². The molecule has 1 heterocycles. The molecule has 0 radical (unpaired) electrons. The van der Waals surface area contributed by atoms with Gasteiger partial charge in [0.05, 0.1) is 0 Å². The molecule has 94 valence electrons. The van der Waals surface area contributed by atoms with Crippen molar-refractivity contribution < 1.29 is 0 Å². The Labute approximate surface area is 105 Å². The molecule has 0 aromatic heterocycles. The second kappa shape index (κ2) is 5.65. The first-order valence-corrected chi connectivity index (χ1v) is 6.69. The Bertz CT molecular complexity index is 373. The van der Waals surface area contributed by atoms with Crippen LogP contribution in [-0.4, -0.2) is 30.6 Å². The standard InChI is InChI=1S/C15H24N2/c1-12-5-6-13(2)14(10-12)7-9-17-8-3-4-15(16)11-17/h5-6,10,15H,3-4,7-9,11,16H2,1-2H3. The molecule has 0 saturated carbocycles. The van der Waals surface area contributed by atoms with E-state index in [1.54, 1.807) is 0 Å². The molecule has 1 saturated heterocycles. The summed E-state index contributed by atoms with van der Waals surface area (Å²) >= 11 is 0. The zero-order chi connectivity index (χ0) is 12.3. The van der Waals surface area contributed by atoms with Gasteiger partial charge in [0, 0.05) is 19.1 Å². The normalized spacial score (nSPS) is 21.7. The lowest BCUT2D eigenvalue weighted by atomic mass is 10.0. The summed E-state index contributed by atoms with van der Waals surface area (Å²) < 4.78 is 0. The first kappa shape index (κ1) is 12.6. The Morgan fingerprint density at radius 1 is 1.35 bits per heavy atom. The molecule has 1 unspecified atom stereocenters. The summed E-state index contributed by atoms with van der Waals surface area (Å²) in [6, 6.07) is 7.13. The first-order valence-electron chi connectivity index (χ1n) is 6.69. The van der Waals surface area contributed by atoms with Crippen LogP contribution in [-0.2, 0) is 6.42 Å². The zero-order valence-electron chi connectivity index (χ0n) is 11.1. The van der Waals surface area contributed by atoms with Gasteiger partial charge in [-0.2, -0.15) is 0 Å². The molecule has 0 bridgehead atoms. The molecule has 2 rings (SSSR count). The summed E-state index contributed by atoms with van der Waals surface area (Å²) in [5.74, 6) is 0. The molecule has 2 heteroatoms. The lowest BCUT2D eigenvalue weighted by Crippen LogP contribution is -2.43. The Morgan fingerprint density at radius 3 is 2.94 bits per heavy atom. The minimum Gasteiger partial charge on any atom is -0.327 e. The van der Waals surface area contributed by atoms with Crippen molar-refractivity contribution in [1.82, 2.24) is 4.90 Å². The van der Waals surface area contributed by atoms with E-state index in [0.717, 1.165) is 19.5 Å². The van der Waals surface area contributed by atoms with Crippen molar-refractivity contribution in [1.29, 1.82) is 0 Å². The summed E-state index contributed by atoms with van der Waals surface area (Å²) in [6.07, 6.45) is 3.61. The van der Waals surface area contributed by atoms with E-state index >= 15 is 0 Å². The number of nitrogens with two attached hydrogens (primary N) is 1. The number of rotatable bonds is 3. The predicted molar refractivity (Wildman–Crippen MR) is 73.3 cm³/mol. The van der Waals surface area contributed by atoms with Crippen molar-refractivity contribution in [3.63, 3.8) is 0 Å². The monoisotopic (exact) mass is 232 g/mol. The Kier molecular flexibility index (Phi) is 4.19. The molecule has 1 atom stereocenters. The second-order valence-corrected chi connectivity index (χ2v) is 5.38. The van der Waals surface area contributed by atoms with E-state index in [1.807, 2.05) is 0 Å². The highest BCUT2D eigenvalue weighted by Gasteiger charge is 2.16. The van der Waals surface area contributed by atoms with Crippen molar-refractivity contribution in [2.45, 2.75) is 39.2 Å². The minimum atomic E-state index is 0.391. The number of nitrogens with zero attached hydrogens (tertiary/aromatic N) is 1. The molecule has 1 aliphatic heterocycles. The van der Waals surface area contributed by atoms with Crippen LogP contribution in [0.5, 0.6) is 0 Å². The molecule has 1 aliphatic rings. The number of hydrogen-bond donors (Lipinski definition) is 1. The van der Waals surface area contributed by atoms with Gasteiger partial charge in [0.15, 0.2) is 0 Å². The van der Waals surface area contributed by atoms with Gasteiger partial charge in [-0.1, -0.05) is 23.8 Å². The van der Waals surface area contributed by atoms with Crippen molar-refractivity contribution in [2.24, 2.45) is 5.73 Å². The Hall–Kier alpha value is -0.860. The highest BCUT2D eigenvalue weighted by Crippen LogP contribution is 2.14. The summed E-state index contributed by atoms with van der Waals surface area (Å²) in [5, 5.41) is 0. The molecule has 1 aromatic carbocycles. The Balaban J connectivity index is 1.90. The lowest BCUT2D eigenvalue weighted by molar-refractivity contribution is 0.211. The van der Waals surface area contributed by atoms with Gasteiger partial charge in [-0.25, -0.2) is 0 Å². The van der Waals surface area contributed by atoms with Crippen molar-refractivity contribution >= 4 is 0 Å². The number of piperidine rings is 1. The molecule has 0 amide bonds. The Morgan fingerprint density at radius 2 is 2.18 bits per heavy atom. The van der Waals surface area contributed by atoms with E-state index in [1.165, 1.54) is 36.1 Å². The molecular formula is C15H24N2. The van der Waals surface area contributed by atoms with E-state index in [-0.39, 0.29) is 0 Å². The van der Waals surface area contributed by atoms with E-state index in [9.17, 15) is 0 Å². The number of aryl methyl sites for hydroxylation is 2. The third-order valence-corrected chi connectivity index (χ3v) is 3.74. The maximum atomic E-state index is 6.01. The highest BCUT2D eigenvalue weighted by atomic mass is 15.1. The molecule has 0 spiro atoms. The third kappa shape index (κ3) is 3.55. The molecule has 1 fully saturated rings. The van der Waals surface area contributed by atoms with E-state index < -0.39 is 0 Å². The van der Waals surface area contributed by atoms with Gasteiger partial charge in [0.25, 0.3) is 0 Å². The SMILES string of the molecule is Cc1ccc(C)c(CCN2CCCC(N)C2)c1. The van der Waals surface area contributed by atoms with Gasteiger partial charge in [0.2, 0.25) is 0 Å². The van der Waals surface area contributed by atoms with Gasteiger partial charge in [-0.15, -0.1) is 0 Å². The fraction of sp³-hybridized carbons (Fsp3) is 0.600. The quantitative estimate of drug-likeness (QED) is 0.866. The van der Waals surface area contributed by atoms with Crippen LogP contribution in [0.1, 0.15) is 29.5 Å². The maximum absolute atomic E-state index is 6.01. The number of benzene rings is 1. The molecule has 1 aromatic rings. The molecule has 2 N–H and O–H groups in total. The van der Waals surface area contributed by atoms with Gasteiger partial charge < -0.3 is 10.6 Å². The fourth-order valence-corrected chi connectivity index (χ4v) is 2.64. The second-order valence-electron chi connectivity index (χ2n) is 5.38. The predicted octanol–water partition coefficient (Wildman–Crippen LogP) is 2.27. The van der Waals surface area contributed by atoms with Crippen LogP contribution in [0.4, 0.5) is 0 Å². The largest absolute Gasteiger partial charge is 0.327 e. The molecular weight excluding hydrogens is 208 g/mol. The number of likely N-dealkylation sites (tertiary alicyclic amines) is 1. The minimum absolute atomic E-state index is 0.391. The van der Waals surface area contributed by atoms with Gasteiger partial charge in [-0.3, -0.25) is 0 Å². The molecule has 17 heavy (non-hydrogen) atoms. The van der Waals surface area contributed by atoms with Crippen molar-refractivity contribution in [2.75, 3.05) is 19.6 Å². The summed E-state index contributed by atoms with van der Waals surface area (Å²) in [6.45, 7) is 7.82. The smallest absolute Gasteiger partial charge is 0.0168 e. The van der Waals surface area contributed by atoms with E-state index in [4.69, 9.17) is 5.73 Å². The van der Waals surface area contributed by atoms with Crippen LogP contribution < -0.4 is 5.73 Å². The van der Waals surface area contributed by atoms with E-state index in [2.05, 4.69) is 36.9 Å². The van der Waals surface area contributed by atoms with Crippen LogP contribution in [0.2, 0.25) is 0 Å². The molecule has 2 nitrogen and oxygen atoms in total. The first-order chi connectivity index (χ1) is 8.15. The average Bonchev–Trinajstić information content (AvgIpc) is 2.30. The van der Waals surface area contributed by atoms with E-state index in [0.29, 0.717) is 6.04 Å². The topological polar surface area (TPSA) is 29.3 Å². The highest BCUT2D eigenvalue weighted by molar-refractivity contribution is 5.30. The third-order valence-electron chi connectivity index (χ3n) is 3.74. The van der Waals surface area contributed by atoms with Crippen LogP contribution in [0, 0.1) is 13.8 Å². The van der Waals surface area contributed by atoms with Crippen LogP contribution >= 0.6 is 0 Å². The summed E-state index contributed by atoms with van der Waals surface area (Å²) in [5.41, 5.74) is 10.3. The average molecular weight is 232 g/mol. The maximum Gasteiger partial charge on any atom is 0.0168 e. The van der Waals surface area contributed by atoms with Crippen LogP contribution in [0.3, 0.4) is 0 Å². The van der Waals surface area contributed by atoms with Gasteiger partial charge in [-0.05, 0) is 50.8 Å². The van der Waals surface area contributed by atoms with Gasteiger partial charge >= 0.3 is 0 Å². The fourth-order valence-electron chi connectivity index (χ4n) is 2.64.